The summed E-state index contributed by atoms with van der Waals surface area (Å²) in [6, 6.07) is 2.65. The van der Waals surface area contributed by atoms with E-state index in [1.165, 1.54) is 49.8 Å². The Balaban J connectivity index is 1.96. The molecule has 0 aromatic carbocycles. The van der Waals surface area contributed by atoms with Gasteiger partial charge >= 0.3 is 0 Å². The number of anilines is 1. The summed E-state index contributed by atoms with van der Waals surface area (Å²) >= 11 is 0. The van der Waals surface area contributed by atoms with E-state index in [4.69, 9.17) is 16.1 Å². The number of nitrogens with one attached hydrogen (secondary N) is 1. The number of hydrogen-bond acceptors (Lipinski definition) is 3. The van der Waals surface area contributed by atoms with Gasteiger partial charge in [0, 0.05) is 18.8 Å². The molecule has 1 aromatic heterocycles. The van der Waals surface area contributed by atoms with E-state index in [9.17, 15) is 0 Å². The summed E-state index contributed by atoms with van der Waals surface area (Å²) in [5, 5.41) is 7.86. The van der Waals surface area contributed by atoms with Crippen LogP contribution < -0.4 is 10.6 Å². The molecule has 0 amide bonds. The first-order chi connectivity index (χ1) is 9.66. The van der Waals surface area contributed by atoms with Crippen molar-refractivity contribution in [2.75, 3.05) is 11.9 Å². The summed E-state index contributed by atoms with van der Waals surface area (Å²) in [5.74, 6) is 1.06. The van der Waals surface area contributed by atoms with E-state index in [0.29, 0.717) is 6.04 Å². The topological polar surface area (TPSA) is 66.0 Å². The SMILES string of the molecule is CN(c1nc2c(cc1C(=N)N)CCC2)C1CCCCC1. The molecule has 4 heteroatoms. The lowest BCUT2D eigenvalue weighted by atomic mass is 9.94. The van der Waals surface area contributed by atoms with E-state index in [1.54, 1.807) is 0 Å². The molecule has 3 rings (SSSR count). The van der Waals surface area contributed by atoms with Crippen molar-refractivity contribution in [1.82, 2.24) is 4.98 Å². The largest absolute Gasteiger partial charge is 0.384 e. The smallest absolute Gasteiger partial charge is 0.139 e. The fraction of sp³-hybridized carbons (Fsp3) is 0.625. The predicted octanol–water partition coefficient (Wildman–Crippen LogP) is 2.62. The number of aromatic nitrogens is 1. The Hall–Kier alpha value is -1.58. The second-order valence-electron chi connectivity index (χ2n) is 6.14. The zero-order valence-corrected chi connectivity index (χ0v) is 12.3. The minimum absolute atomic E-state index is 0.143. The molecule has 0 radical (unpaired) electrons. The molecule has 4 nitrogen and oxygen atoms in total. The van der Waals surface area contributed by atoms with Crippen LogP contribution in [-0.2, 0) is 12.8 Å². The van der Waals surface area contributed by atoms with Crippen molar-refractivity contribution in [1.29, 1.82) is 5.41 Å². The van der Waals surface area contributed by atoms with Gasteiger partial charge in [0.15, 0.2) is 0 Å². The molecule has 0 unspecified atom stereocenters. The van der Waals surface area contributed by atoms with Gasteiger partial charge in [0.1, 0.15) is 11.7 Å². The van der Waals surface area contributed by atoms with Crippen LogP contribution >= 0.6 is 0 Å². The van der Waals surface area contributed by atoms with Gasteiger partial charge in [0.25, 0.3) is 0 Å². The highest BCUT2D eigenvalue weighted by atomic mass is 15.2. The predicted molar refractivity (Wildman–Crippen MR) is 82.6 cm³/mol. The lowest BCUT2D eigenvalue weighted by molar-refractivity contribution is 0.426. The molecular formula is C16H24N4. The van der Waals surface area contributed by atoms with Crippen LogP contribution in [0.1, 0.15) is 55.3 Å². The van der Waals surface area contributed by atoms with Gasteiger partial charge < -0.3 is 10.6 Å². The zero-order chi connectivity index (χ0) is 14.1. The van der Waals surface area contributed by atoms with Gasteiger partial charge in [-0.2, -0.15) is 0 Å². The Morgan fingerprint density at radius 1 is 1.25 bits per heavy atom. The number of nitrogens with two attached hydrogens (primary N) is 1. The van der Waals surface area contributed by atoms with E-state index in [2.05, 4.69) is 18.0 Å². The highest BCUT2D eigenvalue weighted by molar-refractivity contribution is 6.00. The van der Waals surface area contributed by atoms with Crippen molar-refractivity contribution in [2.45, 2.75) is 57.4 Å². The highest BCUT2D eigenvalue weighted by Crippen LogP contribution is 2.30. The maximum atomic E-state index is 7.86. The number of fused-ring (bicyclic) bond motifs is 1. The third-order valence-electron chi connectivity index (χ3n) is 4.78. The number of nitrogen functional groups attached to an aromatic ring is 1. The normalized spacial score (nSPS) is 18.9. The summed E-state index contributed by atoms with van der Waals surface area (Å²) in [6.07, 6.45) is 9.73. The molecule has 2 aliphatic rings. The van der Waals surface area contributed by atoms with Gasteiger partial charge in [-0.1, -0.05) is 19.3 Å². The standard InChI is InChI=1S/C16H24N4/c1-20(12-7-3-2-4-8-12)16-13(15(17)18)10-11-6-5-9-14(11)19-16/h10,12H,2-9H2,1H3,(H3,17,18). The van der Waals surface area contributed by atoms with Crippen LogP contribution in [0.4, 0.5) is 5.82 Å². The lowest BCUT2D eigenvalue weighted by Crippen LogP contribution is -2.35. The van der Waals surface area contributed by atoms with Crippen LogP contribution in [0.2, 0.25) is 0 Å². The van der Waals surface area contributed by atoms with E-state index in [0.717, 1.165) is 24.2 Å². The van der Waals surface area contributed by atoms with Gasteiger partial charge in [0.05, 0.1) is 5.56 Å². The van der Waals surface area contributed by atoms with E-state index in [1.807, 2.05) is 0 Å². The molecule has 0 bridgehead atoms. The van der Waals surface area contributed by atoms with E-state index in [-0.39, 0.29) is 5.84 Å². The minimum atomic E-state index is 0.143. The maximum absolute atomic E-state index is 7.86. The molecule has 2 aliphatic carbocycles. The maximum Gasteiger partial charge on any atom is 0.139 e. The molecule has 1 saturated carbocycles. The Labute approximate surface area is 120 Å². The van der Waals surface area contributed by atoms with Crippen LogP contribution in [-0.4, -0.2) is 23.9 Å². The lowest BCUT2D eigenvalue weighted by Gasteiger charge is -2.33. The number of amidine groups is 1. The molecule has 1 aromatic rings. The van der Waals surface area contributed by atoms with Gasteiger partial charge in [0.2, 0.25) is 0 Å². The average molecular weight is 272 g/mol. The number of hydrogen-bond donors (Lipinski definition) is 2. The minimum Gasteiger partial charge on any atom is -0.384 e. The Bertz CT molecular complexity index is 517. The molecular weight excluding hydrogens is 248 g/mol. The molecule has 20 heavy (non-hydrogen) atoms. The van der Waals surface area contributed by atoms with Crippen molar-refractivity contribution in [3.63, 3.8) is 0 Å². The third kappa shape index (κ3) is 2.39. The Morgan fingerprint density at radius 2 is 2.00 bits per heavy atom. The van der Waals surface area contributed by atoms with Crippen molar-refractivity contribution in [3.8, 4) is 0 Å². The van der Waals surface area contributed by atoms with Crippen LogP contribution in [0.25, 0.3) is 0 Å². The summed E-state index contributed by atoms with van der Waals surface area (Å²) < 4.78 is 0. The molecule has 3 N–H and O–H groups in total. The highest BCUT2D eigenvalue weighted by Gasteiger charge is 2.24. The quantitative estimate of drug-likeness (QED) is 0.656. The summed E-state index contributed by atoms with van der Waals surface area (Å²) in [6.45, 7) is 0. The number of aryl methyl sites for hydroxylation is 2. The monoisotopic (exact) mass is 272 g/mol. The van der Waals surface area contributed by atoms with Crippen molar-refractivity contribution in [2.24, 2.45) is 5.73 Å². The van der Waals surface area contributed by atoms with Gasteiger partial charge in [-0.25, -0.2) is 4.98 Å². The van der Waals surface area contributed by atoms with Crippen LogP contribution in [0.3, 0.4) is 0 Å². The van der Waals surface area contributed by atoms with Gasteiger partial charge in [-0.05, 0) is 43.7 Å². The van der Waals surface area contributed by atoms with Crippen LogP contribution in [0.15, 0.2) is 6.07 Å². The van der Waals surface area contributed by atoms with E-state index >= 15 is 0 Å². The zero-order valence-electron chi connectivity index (χ0n) is 12.3. The van der Waals surface area contributed by atoms with Crippen molar-refractivity contribution < 1.29 is 0 Å². The molecule has 0 aliphatic heterocycles. The third-order valence-corrected chi connectivity index (χ3v) is 4.78. The molecule has 0 saturated heterocycles. The first-order valence-electron chi connectivity index (χ1n) is 7.77. The van der Waals surface area contributed by atoms with Crippen LogP contribution in [0, 0.1) is 5.41 Å². The average Bonchev–Trinajstić information content (AvgIpc) is 2.93. The molecule has 1 heterocycles. The number of nitrogens with zero attached hydrogens (tertiary/aromatic N) is 2. The van der Waals surface area contributed by atoms with Gasteiger partial charge in [-0.3, -0.25) is 5.41 Å². The molecule has 1 fully saturated rings. The Morgan fingerprint density at radius 3 is 2.70 bits per heavy atom. The molecule has 0 atom stereocenters. The second kappa shape index (κ2) is 5.43. The van der Waals surface area contributed by atoms with Crippen molar-refractivity contribution in [3.05, 3.63) is 22.9 Å². The number of pyridine rings is 1. The fourth-order valence-electron chi connectivity index (χ4n) is 3.57. The molecule has 0 spiro atoms. The first-order valence-corrected chi connectivity index (χ1v) is 7.77. The van der Waals surface area contributed by atoms with Crippen LogP contribution in [0.5, 0.6) is 0 Å². The fourth-order valence-corrected chi connectivity index (χ4v) is 3.57. The summed E-state index contributed by atoms with van der Waals surface area (Å²) in [5.41, 5.74) is 9.11. The summed E-state index contributed by atoms with van der Waals surface area (Å²) in [7, 11) is 2.12. The van der Waals surface area contributed by atoms with E-state index < -0.39 is 0 Å². The second-order valence-corrected chi connectivity index (χ2v) is 6.14. The molecule has 108 valence electrons. The Kier molecular flexibility index (Phi) is 3.64. The first kappa shape index (κ1) is 13.4. The van der Waals surface area contributed by atoms with Gasteiger partial charge in [-0.15, -0.1) is 0 Å². The van der Waals surface area contributed by atoms with Crippen molar-refractivity contribution >= 4 is 11.7 Å². The number of rotatable bonds is 3. The summed E-state index contributed by atoms with van der Waals surface area (Å²) in [4.78, 5) is 7.13.